The summed E-state index contributed by atoms with van der Waals surface area (Å²) in [6, 6.07) is 7.82. The van der Waals surface area contributed by atoms with Crippen LogP contribution in [0.3, 0.4) is 0 Å². The van der Waals surface area contributed by atoms with E-state index >= 15 is 0 Å². The first kappa shape index (κ1) is 10.5. The lowest BCUT2D eigenvalue weighted by molar-refractivity contribution is 0.195. The predicted molar refractivity (Wildman–Crippen MR) is 63.9 cm³/mol. The van der Waals surface area contributed by atoms with Crippen LogP contribution in [0.2, 0.25) is 5.02 Å². The Labute approximate surface area is 95.0 Å². The molecule has 1 aromatic rings. The van der Waals surface area contributed by atoms with Gasteiger partial charge in [0.05, 0.1) is 13.2 Å². The maximum Gasteiger partial charge on any atom is 0.0687 e. The van der Waals surface area contributed by atoms with E-state index in [9.17, 15) is 0 Å². The van der Waals surface area contributed by atoms with Gasteiger partial charge < -0.3 is 4.74 Å². The van der Waals surface area contributed by atoms with Crippen LogP contribution < -0.4 is 0 Å². The molecule has 0 bridgehead atoms. The van der Waals surface area contributed by atoms with Crippen LogP contribution in [-0.4, -0.2) is 13.2 Å². The second-order valence-electron chi connectivity index (χ2n) is 3.63. The fraction of sp³-hybridized carbons (Fsp3) is 0.231. The number of benzene rings is 1. The lowest BCUT2D eigenvalue weighted by Gasteiger charge is -2.03. The van der Waals surface area contributed by atoms with Crippen molar-refractivity contribution in [2.45, 2.75) is 0 Å². The third-order valence-corrected chi connectivity index (χ3v) is 2.76. The number of ether oxygens (including phenoxy) is 1. The molecule has 1 aliphatic heterocycles. The molecular formula is C13H13ClO. The van der Waals surface area contributed by atoms with Crippen molar-refractivity contribution < 1.29 is 4.74 Å². The Morgan fingerprint density at radius 2 is 2.33 bits per heavy atom. The Kier molecular flexibility index (Phi) is 3.24. The molecule has 0 aliphatic carbocycles. The largest absolute Gasteiger partial charge is 0.376 e. The summed E-state index contributed by atoms with van der Waals surface area (Å²) >= 11 is 5.92. The molecule has 1 aliphatic rings. The first-order chi connectivity index (χ1) is 7.29. The molecule has 0 aromatic heterocycles. The minimum Gasteiger partial charge on any atom is -0.376 e. The normalized spacial score (nSPS) is 23.3. The average molecular weight is 221 g/mol. The Bertz CT molecular complexity index is 395. The Morgan fingerprint density at radius 3 is 3.07 bits per heavy atom. The van der Waals surface area contributed by atoms with Gasteiger partial charge in [-0.2, -0.15) is 0 Å². The number of rotatable bonds is 2. The van der Waals surface area contributed by atoms with Crippen molar-refractivity contribution in [2.75, 3.05) is 13.2 Å². The van der Waals surface area contributed by atoms with Crippen LogP contribution in [0.25, 0.3) is 6.08 Å². The molecule has 15 heavy (non-hydrogen) atoms. The average Bonchev–Trinajstić information content (AvgIpc) is 2.65. The van der Waals surface area contributed by atoms with Crippen molar-refractivity contribution in [1.29, 1.82) is 0 Å². The molecule has 1 heterocycles. The summed E-state index contributed by atoms with van der Waals surface area (Å²) in [6.07, 6.45) is 4.06. The second kappa shape index (κ2) is 4.65. The highest BCUT2D eigenvalue weighted by molar-refractivity contribution is 6.30. The molecule has 1 aromatic carbocycles. The van der Waals surface area contributed by atoms with E-state index < -0.39 is 0 Å². The molecule has 1 unspecified atom stereocenters. The molecule has 78 valence electrons. The van der Waals surface area contributed by atoms with Gasteiger partial charge in [0.1, 0.15) is 0 Å². The zero-order valence-corrected chi connectivity index (χ0v) is 9.20. The van der Waals surface area contributed by atoms with Gasteiger partial charge in [0.15, 0.2) is 0 Å². The molecule has 2 heteroatoms. The molecule has 0 saturated carbocycles. The second-order valence-corrected chi connectivity index (χ2v) is 4.07. The van der Waals surface area contributed by atoms with Gasteiger partial charge in [-0.1, -0.05) is 35.9 Å². The highest BCUT2D eigenvalue weighted by Gasteiger charge is 2.17. The number of halogens is 1. The van der Waals surface area contributed by atoms with Gasteiger partial charge in [0, 0.05) is 10.9 Å². The molecular weight excluding hydrogens is 208 g/mol. The van der Waals surface area contributed by atoms with E-state index in [1.165, 1.54) is 5.57 Å². The molecule has 1 fully saturated rings. The molecule has 0 amide bonds. The van der Waals surface area contributed by atoms with E-state index in [-0.39, 0.29) is 0 Å². The molecule has 0 spiro atoms. The minimum absolute atomic E-state index is 0.351. The van der Waals surface area contributed by atoms with Crippen molar-refractivity contribution in [1.82, 2.24) is 0 Å². The van der Waals surface area contributed by atoms with Crippen LogP contribution in [0.1, 0.15) is 5.56 Å². The van der Waals surface area contributed by atoms with Crippen LogP contribution >= 0.6 is 11.6 Å². The standard InChI is InChI=1S/C13H13ClO/c1-2-11-8-15-9-12(11)6-10-4-3-5-13(14)7-10/h2-7,11H,1,8-9H2/b12-6+. The molecule has 1 atom stereocenters. The molecule has 1 saturated heterocycles. The van der Waals surface area contributed by atoms with Gasteiger partial charge in [-0.3, -0.25) is 0 Å². The van der Waals surface area contributed by atoms with Crippen molar-refractivity contribution in [2.24, 2.45) is 5.92 Å². The van der Waals surface area contributed by atoms with E-state index in [0.29, 0.717) is 12.5 Å². The summed E-state index contributed by atoms with van der Waals surface area (Å²) in [7, 11) is 0. The van der Waals surface area contributed by atoms with Crippen LogP contribution in [0, 0.1) is 5.92 Å². The Hall–Kier alpha value is -1.05. The Morgan fingerprint density at radius 1 is 1.47 bits per heavy atom. The van der Waals surface area contributed by atoms with E-state index in [0.717, 1.165) is 17.2 Å². The SMILES string of the molecule is C=CC1COC/C1=C\c1cccc(Cl)c1. The summed E-state index contributed by atoms with van der Waals surface area (Å²) in [5.41, 5.74) is 2.39. The van der Waals surface area contributed by atoms with Gasteiger partial charge in [-0.15, -0.1) is 6.58 Å². The van der Waals surface area contributed by atoms with Gasteiger partial charge in [-0.05, 0) is 23.3 Å². The van der Waals surface area contributed by atoms with Gasteiger partial charge in [0.25, 0.3) is 0 Å². The summed E-state index contributed by atoms with van der Waals surface area (Å²) in [4.78, 5) is 0. The smallest absolute Gasteiger partial charge is 0.0687 e. The van der Waals surface area contributed by atoms with E-state index in [1.807, 2.05) is 30.3 Å². The van der Waals surface area contributed by atoms with Crippen molar-refractivity contribution in [3.05, 3.63) is 53.1 Å². The zero-order valence-electron chi connectivity index (χ0n) is 8.45. The zero-order chi connectivity index (χ0) is 10.7. The van der Waals surface area contributed by atoms with E-state index in [4.69, 9.17) is 16.3 Å². The maximum absolute atomic E-state index is 5.92. The first-order valence-electron chi connectivity index (χ1n) is 4.96. The van der Waals surface area contributed by atoms with Gasteiger partial charge >= 0.3 is 0 Å². The van der Waals surface area contributed by atoms with Gasteiger partial charge in [0.2, 0.25) is 0 Å². The fourth-order valence-corrected chi connectivity index (χ4v) is 1.90. The maximum atomic E-state index is 5.92. The monoisotopic (exact) mass is 220 g/mol. The quantitative estimate of drug-likeness (QED) is 0.693. The van der Waals surface area contributed by atoms with Crippen molar-refractivity contribution in [3.8, 4) is 0 Å². The van der Waals surface area contributed by atoms with Crippen LogP contribution in [0.15, 0.2) is 42.5 Å². The number of hydrogen-bond donors (Lipinski definition) is 0. The van der Waals surface area contributed by atoms with E-state index in [2.05, 4.69) is 12.7 Å². The van der Waals surface area contributed by atoms with Crippen molar-refractivity contribution in [3.63, 3.8) is 0 Å². The van der Waals surface area contributed by atoms with Crippen LogP contribution in [0.4, 0.5) is 0 Å². The topological polar surface area (TPSA) is 9.23 Å². The third-order valence-electron chi connectivity index (χ3n) is 2.53. The highest BCUT2D eigenvalue weighted by atomic mass is 35.5. The predicted octanol–water partition coefficient (Wildman–Crippen LogP) is 3.56. The minimum atomic E-state index is 0.351. The molecule has 2 rings (SSSR count). The molecule has 0 N–H and O–H groups in total. The lowest BCUT2D eigenvalue weighted by Crippen LogP contribution is -1.96. The Balaban J connectivity index is 2.25. The van der Waals surface area contributed by atoms with Crippen LogP contribution in [0.5, 0.6) is 0 Å². The van der Waals surface area contributed by atoms with Crippen LogP contribution in [-0.2, 0) is 4.74 Å². The highest BCUT2D eigenvalue weighted by Crippen LogP contribution is 2.24. The summed E-state index contributed by atoms with van der Waals surface area (Å²) < 4.78 is 5.39. The first-order valence-corrected chi connectivity index (χ1v) is 5.34. The number of hydrogen-bond acceptors (Lipinski definition) is 1. The molecule has 1 nitrogen and oxygen atoms in total. The van der Waals surface area contributed by atoms with E-state index in [1.54, 1.807) is 0 Å². The summed E-state index contributed by atoms with van der Waals surface area (Å²) in [5.74, 6) is 0.351. The summed E-state index contributed by atoms with van der Waals surface area (Å²) in [5, 5.41) is 0.762. The molecule has 0 radical (unpaired) electrons. The van der Waals surface area contributed by atoms with Crippen molar-refractivity contribution >= 4 is 17.7 Å². The summed E-state index contributed by atoms with van der Waals surface area (Å²) in [6.45, 7) is 5.25. The lowest BCUT2D eigenvalue weighted by atomic mass is 10.0. The third kappa shape index (κ3) is 2.49. The van der Waals surface area contributed by atoms with Gasteiger partial charge in [-0.25, -0.2) is 0 Å². The fourth-order valence-electron chi connectivity index (χ4n) is 1.70.